The molecule has 0 fully saturated rings. The first-order chi connectivity index (χ1) is 6.18. The van der Waals surface area contributed by atoms with Crippen LogP contribution in [0.2, 0.25) is 0 Å². The molecule has 0 atom stereocenters. The molecule has 0 aliphatic heterocycles. The van der Waals surface area contributed by atoms with Gasteiger partial charge in [0.05, 0.1) is 6.42 Å². The van der Waals surface area contributed by atoms with Crippen molar-refractivity contribution in [2.45, 2.75) is 6.42 Å². The zero-order chi connectivity index (χ0) is 9.68. The lowest BCUT2D eigenvalue weighted by Crippen LogP contribution is -2.23. The molecule has 0 saturated carbocycles. The zero-order valence-electron chi connectivity index (χ0n) is 6.77. The van der Waals surface area contributed by atoms with E-state index in [9.17, 15) is 13.2 Å². The highest BCUT2D eigenvalue weighted by atomic mass is 32.2. The van der Waals surface area contributed by atoms with Gasteiger partial charge >= 0.3 is 0 Å². The molecular weight excluding hydrogens is 190 g/mol. The number of rotatable bonds is 3. The number of carbonyl (C=O) groups is 1. The topological polar surface area (TPSA) is 63.2 Å². The minimum atomic E-state index is -2.84. The van der Waals surface area contributed by atoms with E-state index in [4.69, 9.17) is 0 Å². The van der Waals surface area contributed by atoms with Gasteiger partial charge in [0.2, 0.25) is 16.8 Å². The minimum Gasteiger partial charge on any atom is -0.274 e. The van der Waals surface area contributed by atoms with Crippen LogP contribution in [0, 0.1) is 0 Å². The number of hydrogen-bond donors (Lipinski definition) is 2. The highest BCUT2D eigenvalue weighted by molar-refractivity contribution is 7.71. The average molecular weight is 199 g/mol. The number of benzene rings is 1. The molecular formula is C8H9NO3S. The standard InChI is InChI=1S/C8H9NO3S/c10-8(9-13(11)12)6-7-4-2-1-3-5-7/h1-5,13H,6H2,(H,9,10,11,12). The molecule has 0 saturated heterocycles. The number of amides is 1. The Balaban J connectivity index is 2.55. The number of nitrogens with one attached hydrogen (secondary N) is 1. The van der Waals surface area contributed by atoms with E-state index in [1.807, 2.05) is 6.07 Å². The second-order valence-corrected chi connectivity index (χ2v) is 3.19. The van der Waals surface area contributed by atoms with Crippen LogP contribution in [0.4, 0.5) is 0 Å². The Morgan fingerprint density at radius 3 is 2.38 bits per heavy atom. The van der Waals surface area contributed by atoms with Crippen molar-refractivity contribution in [3.05, 3.63) is 35.9 Å². The molecule has 1 amide bonds. The molecule has 1 N–H and O–H groups in total. The van der Waals surface area contributed by atoms with Gasteiger partial charge in [-0.1, -0.05) is 30.3 Å². The predicted molar refractivity (Wildman–Crippen MR) is 48.6 cm³/mol. The molecule has 0 aliphatic rings. The molecule has 0 heterocycles. The van der Waals surface area contributed by atoms with Gasteiger partial charge in [0, 0.05) is 0 Å². The van der Waals surface area contributed by atoms with Crippen molar-refractivity contribution in [1.82, 2.24) is 4.72 Å². The first kappa shape index (κ1) is 9.73. The molecule has 13 heavy (non-hydrogen) atoms. The molecule has 1 aromatic rings. The molecule has 4 nitrogen and oxygen atoms in total. The second kappa shape index (κ2) is 4.61. The van der Waals surface area contributed by atoms with Crippen LogP contribution in [0.15, 0.2) is 30.3 Å². The van der Waals surface area contributed by atoms with Crippen LogP contribution in [0.1, 0.15) is 5.56 Å². The summed E-state index contributed by atoms with van der Waals surface area (Å²) in [7, 11) is -2.84. The molecule has 0 spiro atoms. The van der Waals surface area contributed by atoms with E-state index >= 15 is 0 Å². The first-order valence-electron chi connectivity index (χ1n) is 3.66. The Morgan fingerprint density at radius 1 is 1.23 bits per heavy atom. The highest BCUT2D eigenvalue weighted by Gasteiger charge is 2.01. The van der Waals surface area contributed by atoms with E-state index in [1.54, 1.807) is 29.0 Å². The van der Waals surface area contributed by atoms with Gasteiger partial charge in [-0.3, -0.25) is 9.52 Å². The Morgan fingerprint density at radius 2 is 1.85 bits per heavy atom. The van der Waals surface area contributed by atoms with E-state index in [2.05, 4.69) is 0 Å². The van der Waals surface area contributed by atoms with Gasteiger partial charge in [-0.25, -0.2) is 8.42 Å². The average Bonchev–Trinajstić information content (AvgIpc) is 2.04. The van der Waals surface area contributed by atoms with Crippen molar-refractivity contribution in [1.29, 1.82) is 0 Å². The van der Waals surface area contributed by atoms with E-state index < -0.39 is 16.8 Å². The van der Waals surface area contributed by atoms with Crippen LogP contribution in [-0.2, 0) is 22.1 Å². The molecule has 5 heteroatoms. The van der Waals surface area contributed by atoms with Crippen LogP contribution in [-0.4, -0.2) is 14.3 Å². The lowest BCUT2D eigenvalue weighted by atomic mass is 10.1. The Hall–Kier alpha value is -1.36. The summed E-state index contributed by atoms with van der Waals surface area (Å²) < 4.78 is 22.0. The lowest BCUT2D eigenvalue weighted by Gasteiger charge is -1.97. The lowest BCUT2D eigenvalue weighted by molar-refractivity contribution is -0.118. The van der Waals surface area contributed by atoms with E-state index in [-0.39, 0.29) is 6.42 Å². The summed E-state index contributed by atoms with van der Waals surface area (Å²) in [5, 5.41) is 0. The quantitative estimate of drug-likeness (QED) is 0.667. The minimum absolute atomic E-state index is 0.0875. The van der Waals surface area contributed by atoms with Crippen LogP contribution in [0.3, 0.4) is 0 Å². The molecule has 0 aromatic heterocycles. The third kappa shape index (κ3) is 3.71. The van der Waals surface area contributed by atoms with Gasteiger partial charge in [-0.05, 0) is 5.56 Å². The van der Waals surface area contributed by atoms with Crippen molar-refractivity contribution in [2.24, 2.45) is 0 Å². The summed E-state index contributed by atoms with van der Waals surface area (Å²) in [5.41, 5.74) is 0.789. The number of hydrogen-bond acceptors (Lipinski definition) is 3. The maximum absolute atomic E-state index is 10.9. The van der Waals surface area contributed by atoms with Crippen LogP contribution >= 0.6 is 0 Å². The fraction of sp³-hybridized carbons (Fsp3) is 0.125. The maximum Gasteiger partial charge on any atom is 0.237 e. The van der Waals surface area contributed by atoms with Gasteiger partial charge in [0.15, 0.2) is 0 Å². The number of thiol groups is 1. The molecule has 0 bridgehead atoms. The van der Waals surface area contributed by atoms with Crippen LogP contribution in [0.25, 0.3) is 0 Å². The summed E-state index contributed by atoms with van der Waals surface area (Å²) in [6, 6.07) is 8.93. The second-order valence-electron chi connectivity index (χ2n) is 2.45. The zero-order valence-corrected chi connectivity index (χ0v) is 7.66. The van der Waals surface area contributed by atoms with Crippen LogP contribution < -0.4 is 4.72 Å². The van der Waals surface area contributed by atoms with Gasteiger partial charge in [-0.15, -0.1) is 0 Å². The fourth-order valence-electron chi connectivity index (χ4n) is 0.923. The van der Waals surface area contributed by atoms with Gasteiger partial charge < -0.3 is 0 Å². The Kier molecular flexibility index (Phi) is 3.45. The third-order valence-electron chi connectivity index (χ3n) is 1.42. The van der Waals surface area contributed by atoms with Crippen molar-refractivity contribution >= 4 is 16.8 Å². The van der Waals surface area contributed by atoms with E-state index in [1.165, 1.54) is 0 Å². The van der Waals surface area contributed by atoms with Gasteiger partial charge in [0.25, 0.3) is 0 Å². The molecule has 70 valence electrons. The number of carbonyl (C=O) groups excluding carboxylic acids is 1. The molecule has 1 rings (SSSR count). The molecule has 0 radical (unpaired) electrons. The van der Waals surface area contributed by atoms with E-state index in [0.29, 0.717) is 0 Å². The summed E-state index contributed by atoms with van der Waals surface area (Å²) in [6.07, 6.45) is 0.0875. The third-order valence-corrected chi connectivity index (χ3v) is 1.86. The van der Waals surface area contributed by atoms with Gasteiger partial charge in [-0.2, -0.15) is 0 Å². The predicted octanol–water partition coefficient (Wildman–Crippen LogP) is -0.128. The molecule has 0 aliphatic carbocycles. The van der Waals surface area contributed by atoms with Crippen LogP contribution in [0.5, 0.6) is 0 Å². The summed E-state index contributed by atoms with van der Waals surface area (Å²) >= 11 is 0. The highest BCUT2D eigenvalue weighted by Crippen LogP contribution is 1.98. The molecule has 0 unspecified atom stereocenters. The normalized spacial score (nSPS) is 9.92. The monoisotopic (exact) mass is 199 g/mol. The maximum atomic E-state index is 10.9. The van der Waals surface area contributed by atoms with Gasteiger partial charge in [0.1, 0.15) is 0 Å². The van der Waals surface area contributed by atoms with E-state index in [0.717, 1.165) is 5.56 Å². The fourth-order valence-corrected chi connectivity index (χ4v) is 1.21. The summed E-state index contributed by atoms with van der Waals surface area (Å²) in [4.78, 5) is 10.9. The SMILES string of the molecule is O=C(Cc1ccccc1)N[SH](=O)=O. The largest absolute Gasteiger partial charge is 0.274 e. The summed E-state index contributed by atoms with van der Waals surface area (Å²) in [6.45, 7) is 0. The molecule has 1 aromatic carbocycles. The summed E-state index contributed by atoms with van der Waals surface area (Å²) in [5.74, 6) is -0.512. The van der Waals surface area contributed by atoms with Crippen molar-refractivity contribution < 1.29 is 13.2 Å². The Labute approximate surface area is 77.7 Å². The smallest absolute Gasteiger partial charge is 0.237 e. The van der Waals surface area contributed by atoms with Crippen molar-refractivity contribution in [2.75, 3.05) is 0 Å². The Bertz CT molecular complexity index is 351. The van der Waals surface area contributed by atoms with Crippen molar-refractivity contribution in [3.63, 3.8) is 0 Å². The van der Waals surface area contributed by atoms with Crippen molar-refractivity contribution in [3.8, 4) is 0 Å². The first-order valence-corrected chi connectivity index (χ1v) is 4.84.